The van der Waals surface area contributed by atoms with Crippen LogP contribution in [0.25, 0.3) is 0 Å². The maximum absolute atomic E-state index is 14.1. The minimum Gasteiger partial charge on any atom is -0.388 e. The van der Waals surface area contributed by atoms with Crippen LogP contribution in [0.1, 0.15) is 63.1 Å². The summed E-state index contributed by atoms with van der Waals surface area (Å²) in [6.45, 7) is 8.04. The fourth-order valence-electron chi connectivity index (χ4n) is 6.90. The molecule has 0 unspecified atom stereocenters. The van der Waals surface area contributed by atoms with E-state index in [0.29, 0.717) is 0 Å². The molecule has 0 saturated carbocycles. The van der Waals surface area contributed by atoms with Crippen LogP contribution < -0.4 is 10.6 Å². The minimum atomic E-state index is -1.54. The van der Waals surface area contributed by atoms with Gasteiger partial charge in [0.2, 0.25) is 23.6 Å². The molecule has 0 saturated heterocycles. The van der Waals surface area contributed by atoms with Crippen LogP contribution in [0.3, 0.4) is 0 Å². The number of rotatable bonds is 21. The van der Waals surface area contributed by atoms with E-state index in [9.17, 15) is 29.4 Å². The monoisotopic (exact) mass is 792 g/mol. The molecule has 0 radical (unpaired) electrons. The first-order chi connectivity index (χ1) is 27.7. The van der Waals surface area contributed by atoms with Gasteiger partial charge in [-0.1, -0.05) is 100 Å². The van der Waals surface area contributed by atoms with Crippen molar-refractivity contribution in [2.75, 3.05) is 14.1 Å². The Morgan fingerprint density at radius 2 is 0.897 bits per heavy atom. The first kappa shape index (κ1) is 45.2. The number of aliphatic hydroxyl groups is 2. The Hall–Kier alpha value is -5.46. The number of nitrogens with one attached hydrogen (secondary N) is 2. The van der Waals surface area contributed by atoms with E-state index < -0.39 is 47.9 Å². The third-order valence-corrected chi connectivity index (χ3v) is 10.6. The first-order valence-corrected chi connectivity index (χ1v) is 20.1. The predicted molar refractivity (Wildman–Crippen MR) is 223 cm³/mol. The lowest BCUT2D eigenvalue weighted by Crippen LogP contribution is -2.58. The van der Waals surface area contributed by atoms with Gasteiger partial charge >= 0.3 is 0 Å². The molecule has 12 nitrogen and oxygen atoms in total. The molecule has 2 aromatic carbocycles. The van der Waals surface area contributed by atoms with E-state index in [-0.39, 0.29) is 62.4 Å². The normalized spacial score (nSPS) is 14.4. The van der Waals surface area contributed by atoms with Gasteiger partial charge in [0.05, 0.1) is 36.6 Å². The Labute approximate surface area is 343 Å². The van der Waals surface area contributed by atoms with Crippen molar-refractivity contribution in [2.45, 2.75) is 90.8 Å². The van der Waals surface area contributed by atoms with Crippen molar-refractivity contribution in [1.82, 2.24) is 30.4 Å². The zero-order chi connectivity index (χ0) is 42.2. The number of nitrogens with zero attached hydrogens (tertiary/aromatic N) is 4. The Kier molecular flexibility index (Phi) is 17.5. The summed E-state index contributed by atoms with van der Waals surface area (Å²) in [4.78, 5) is 66.7. The van der Waals surface area contributed by atoms with Crippen molar-refractivity contribution >= 4 is 23.6 Å². The Morgan fingerprint density at radius 1 is 0.552 bits per heavy atom. The number of amides is 4. The molecule has 12 heteroatoms. The minimum absolute atomic E-state index is 0.0669. The van der Waals surface area contributed by atoms with Gasteiger partial charge in [0, 0.05) is 51.2 Å². The second kappa shape index (κ2) is 22.5. The van der Waals surface area contributed by atoms with Gasteiger partial charge in [-0.05, 0) is 60.1 Å². The van der Waals surface area contributed by atoms with Crippen LogP contribution in [-0.4, -0.2) is 92.0 Å². The molecule has 0 bridgehead atoms. The van der Waals surface area contributed by atoms with Crippen molar-refractivity contribution in [2.24, 2.45) is 23.7 Å². The van der Waals surface area contributed by atoms with Gasteiger partial charge < -0.3 is 30.6 Å². The molecule has 0 aliphatic carbocycles. The number of aliphatic hydroxyl groups excluding tert-OH is 2. The third kappa shape index (κ3) is 13.9. The molecule has 6 atom stereocenters. The Morgan fingerprint density at radius 3 is 1.21 bits per heavy atom. The zero-order valence-corrected chi connectivity index (χ0v) is 34.6. The average molecular weight is 793 g/mol. The SMILES string of the molecule is CC(C)[C@@H](CC(=O)N(C)Cc1ccccn1)C(=O)N[C@@H](Cc1ccccc1)[C@@H](O)[C@H](O)[C@H](Cc1ccccc1)NC(=O)[C@H](CC(=O)N(C)Cc1ccccn1)C(C)C. The van der Waals surface area contributed by atoms with Gasteiger partial charge in [0.15, 0.2) is 0 Å². The van der Waals surface area contributed by atoms with Gasteiger partial charge in [-0.25, -0.2) is 0 Å². The van der Waals surface area contributed by atoms with Crippen LogP contribution in [0.15, 0.2) is 109 Å². The van der Waals surface area contributed by atoms with E-state index in [1.54, 1.807) is 48.4 Å². The highest BCUT2D eigenvalue weighted by atomic mass is 16.3. The predicted octanol–water partition coefficient (Wildman–Crippen LogP) is 4.60. The van der Waals surface area contributed by atoms with E-state index in [2.05, 4.69) is 20.6 Å². The van der Waals surface area contributed by atoms with E-state index in [4.69, 9.17) is 0 Å². The second-order valence-corrected chi connectivity index (χ2v) is 15.8. The maximum atomic E-state index is 14.1. The smallest absolute Gasteiger partial charge is 0.224 e. The summed E-state index contributed by atoms with van der Waals surface area (Å²) >= 11 is 0. The molecule has 0 aliphatic rings. The summed E-state index contributed by atoms with van der Waals surface area (Å²) in [6, 6.07) is 27.6. The number of hydrogen-bond acceptors (Lipinski definition) is 8. The highest BCUT2D eigenvalue weighted by Gasteiger charge is 2.38. The zero-order valence-electron chi connectivity index (χ0n) is 34.6. The molecule has 310 valence electrons. The molecule has 58 heavy (non-hydrogen) atoms. The third-order valence-electron chi connectivity index (χ3n) is 10.6. The van der Waals surface area contributed by atoms with Crippen LogP contribution in [0.4, 0.5) is 0 Å². The number of hydrogen-bond donors (Lipinski definition) is 4. The lowest BCUT2D eigenvalue weighted by Gasteiger charge is -2.35. The molecule has 2 heterocycles. The number of carbonyl (C=O) groups excluding carboxylic acids is 4. The standard InChI is InChI=1S/C46H60N6O6/c1-31(2)37(27-41(53)51(5)29-35-21-13-15-23-47-35)45(57)49-39(25-33-17-9-7-10-18-33)43(55)44(56)40(26-34-19-11-8-12-20-34)50-46(58)38(32(3)4)28-42(54)52(6)30-36-22-14-16-24-48-36/h7-24,31-32,37-40,43-44,55-56H,25-30H2,1-6H3,(H,49,57)(H,50,58)/t37-,38-,39+,40+,43-,44-/m1/s1. The molecule has 0 aliphatic heterocycles. The van der Waals surface area contributed by atoms with Gasteiger partial charge in [0.25, 0.3) is 0 Å². The number of pyridine rings is 2. The summed E-state index contributed by atoms with van der Waals surface area (Å²) in [6.07, 6.45) is 0.436. The summed E-state index contributed by atoms with van der Waals surface area (Å²) in [5.41, 5.74) is 3.06. The molecule has 4 aromatic rings. The van der Waals surface area contributed by atoms with Crippen LogP contribution in [-0.2, 0) is 45.1 Å². The molecule has 4 amide bonds. The van der Waals surface area contributed by atoms with E-state index in [1.165, 1.54) is 0 Å². The van der Waals surface area contributed by atoms with Crippen LogP contribution >= 0.6 is 0 Å². The molecule has 2 aromatic heterocycles. The molecular weight excluding hydrogens is 733 g/mol. The molecule has 0 spiro atoms. The largest absolute Gasteiger partial charge is 0.388 e. The van der Waals surface area contributed by atoms with E-state index in [0.717, 1.165) is 22.5 Å². The van der Waals surface area contributed by atoms with E-state index >= 15 is 0 Å². The Bertz CT molecular complexity index is 1730. The summed E-state index contributed by atoms with van der Waals surface area (Å²) in [5.74, 6) is -3.25. The van der Waals surface area contributed by atoms with Crippen molar-refractivity contribution in [1.29, 1.82) is 0 Å². The quantitative estimate of drug-likeness (QED) is 0.0952. The average Bonchev–Trinajstić information content (AvgIpc) is 3.21. The first-order valence-electron chi connectivity index (χ1n) is 20.1. The molecule has 0 fully saturated rings. The van der Waals surface area contributed by atoms with Gasteiger partial charge in [-0.15, -0.1) is 0 Å². The number of benzene rings is 2. The lowest BCUT2D eigenvalue weighted by atomic mass is 9.87. The van der Waals surface area contributed by atoms with Crippen molar-refractivity contribution in [3.05, 3.63) is 132 Å². The topological polar surface area (TPSA) is 165 Å². The fourth-order valence-corrected chi connectivity index (χ4v) is 6.90. The van der Waals surface area contributed by atoms with Crippen molar-refractivity contribution in [3.8, 4) is 0 Å². The molecular formula is C46H60N6O6. The van der Waals surface area contributed by atoms with Crippen LogP contribution in [0.5, 0.6) is 0 Å². The van der Waals surface area contributed by atoms with Crippen LogP contribution in [0.2, 0.25) is 0 Å². The van der Waals surface area contributed by atoms with Crippen LogP contribution in [0, 0.1) is 23.7 Å². The summed E-state index contributed by atoms with van der Waals surface area (Å²) in [7, 11) is 3.35. The number of aromatic nitrogens is 2. The molecule has 4 rings (SSSR count). The number of carbonyl (C=O) groups is 4. The van der Waals surface area contributed by atoms with Gasteiger partial charge in [-0.3, -0.25) is 29.1 Å². The Balaban J connectivity index is 1.56. The fraction of sp³-hybridized carbons (Fsp3) is 0.435. The highest BCUT2D eigenvalue weighted by Crippen LogP contribution is 2.22. The summed E-state index contributed by atoms with van der Waals surface area (Å²) in [5, 5.41) is 30.1. The van der Waals surface area contributed by atoms with Crippen molar-refractivity contribution < 1.29 is 29.4 Å². The molecule has 4 N–H and O–H groups in total. The van der Waals surface area contributed by atoms with Gasteiger partial charge in [-0.2, -0.15) is 0 Å². The van der Waals surface area contributed by atoms with Gasteiger partial charge in [0.1, 0.15) is 12.2 Å². The second-order valence-electron chi connectivity index (χ2n) is 15.8. The van der Waals surface area contributed by atoms with Crippen molar-refractivity contribution in [3.63, 3.8) is 0 Å². The lowest BCUT2D eigenvalue weighted by molar-refractivity contribution is -0.138. The summed E-state index contributed by atoms with van der Waals surface area (Å²) < 4.78 is 0. The maximum Gasteiger partial charge on any atom is 0.224 e. The van der Waals surface area contributed by atoms with E-state index in [1.807, 2.05) is 113 Å². The highest BCUT2D eigenvalue weighted by molar-refractivity contribution is 5.87.